The smallest absolute Gasteiger partial charge is 0.103 e. The second kappa shape index (κ2) is 8.57. The molecule has 0 fully saturated rings. The average molecular weight is 314 g/mol. The largest absolute Gasteiger partial charge is 0.469 e. The molecule has 116 valence electrons. The topological polar surface area (TPSA) is 30.2 Å². The Balaban J connectivity index is 2.02. The molecule has 0 radical (unpaired) electrons. The number of benzene rings is 1. The molecule has 3 heteroatoms. The Morgan fingerprint density at radius 1 is 1.27 bits per heavy atom. The Morgan fingerprint density at radius 3 is 2.68 bits per heavy atom. The summed E-state index contributed by atoms with van der Waals surface area (Å²) in [5.41, 5.74) is 4.46. The highest BCUT2D eigenvalue weighted by Gasteiger charge is 2.08. The quantitative estimate of drug-likeness (QED) is 0.665. The van der Waals surface area contributed by atoms with Crippen LogP contribution < -0.4 is 0 Å². The van der Waals surface area contributed by atoms with Gasteiger partial charge in [0, 0.05) is 16.7 Å². The van der Waals surface area contributed by atoms with Gasteiger partial charge in [-0.3, -0.25) is 0 Å². The van der Waals surface area contributed by atoms with Crippen LogP contribution in [-0.2, 0) is 17.2 Å². The van der Waals surface area contributed by atoms with Gasteiger partial charge in [0.25, 0.3) is 0 Å². The second-order valence-electron chi connectivity index (χ2n) is 5.27. The van der Waals surface area contributed by atoms with E-state index in [1.165, 1.54) is 5.57 Å². The minimum absolute atomic E-state index is 0.402. The van der Waals surface area contributed by atoms with Gasteiger partial charge < -0.3 is 4.42 Å². The summed E-state index contributed by atoms with van der Waals surface area (Å²) in [6.07, 6.45) is 4.55. The van der Waals surface area contributed by atoms with Gasteiger partial charge in [-0.2, -0.15) is 0 Å². The lowest BCUT2D eigenvalue weighted by Gasteiger charge is -2.11. The van der Waals surface area contributed by atoms with Gasteiger partial charge in [-0.1, -0.05) is 32.0 Å². The van der Waals surface area contributed by atoms with Crippen molar-refractivity contribution >= 4 is 10.8 Å². The van der Waals surface area contributed by atoms with Gasteiger partial charge in [-0.15, -0.1) is 5.73 Å². The van der Waals surface area contributed by atoms with Crippen molar-refractivity contribution in [1.29, 1.82) is 0 Å². The van der Waals surface area contributed by atoms with E-state index in [9.17, 15) is 4.21 Å². The van der Waals surface area contributed by atoms with Crippen molar-refractivity contribution in [3.8, 4) is 0 Å². The van der Waals surface area contributed by atoms with E-state index in [1.54, 1.807) is 11.7 Å². The van der Waals surface area contributed by atoms with E-state index in [2.05, 4.69) is 19.6 Å². The molecule has 0 aliphatic carbocycles. The zero-order chi connectivity index (χ0) is 15.8. The molecule has 0 N–H and O–H groups in total. The number of allylic oxidation sites excluding steroid dienone is 1. The Kier molecular flexibility index (Phi) is 6.45. The molecule has 0 amide bonds. The van der Waals surface area contributed by atoms with Crippen molar-refractivity contribution in [3.63, 3.8) is 0 Å². The van der Waals surface area contributed by atoms with Crippen LogP contribution in [0.4, 0.5) is 0 Å². The third-order valence-electron chi connectivity index (χ3n) is 3.71. The lowest BCUT2D eigenvalue weighted by molar-refractivity contribution is 0.479. The molecule has 1 aromatic heterocycles. The molecule has 2 aromatic rings. The van der Waals surface area contributed by atoms with E-state index < -0.39 is 10.8 Å². The van der Waals surface area contributed by atoms with Crippen LogP contribution in [0, 0.1) is 5.92 Å². The average Bonchev–Trinajstić information content (AvgIpc) is 3.07. The minimum atomic E-state index is -1.13. The van der Waals surface area contributed by atoms with E-state index in [0.29, 0.717) is 5.92 Å². The predicted octanol–water partition coefficient (Wildman–Crippen LogP) is 5.11. The van der Waals surface area contributed by atoms with Gasteiger partial charge in [-0.05, 0) is 48.6 Å². The third-order valence-corrected chi connectivity index (χ3v) is 4.78. The molecular weight excluding hydrogens is 292 g/mol. The molecule has 2 nitrogen and oxygen atoms in total. The highest BCUT2D eigenvalue weighted by molar-refractivity contribution is 7.88. The van der Waals surface area contributed by atoms with Crippen LogP contribution in [0.25, 0.3) is 0 Å². The summed E-state index contributed by atoms with van der Waals surface area (Å²) in [4.78, 5) is 0.814. The second-order valence-corrected chi connectivity index (χ2v) is 6.57. The van der Waals surface area contributed by atoms with E-state index in [1.807, 2.05) is 42.5 Å². The lowest BCUT2D eigenvalue weighted by Crippen LogP contribution is -2.00. The van der Waals surface area contributed by atoms with Gasteiger partial charge in [0.1, 0.15) is 5.76 Å². The first kappa shape index (κ1) is 16.5. The van der Waals surface area contributed by atoms with Crippen LogP contribution in [0.2, 0.25) is 0 Å². The summed E-state index contributed by atoms with van der Waals surface area (Å²) < 4.78 is 17.6. The lowest BCUT2D eigenvalue weighted by atomic mass is 9.94. The van der Waals surface area contributed by atoms with E-state index in [4.69, 9.17) is 4.42 Å². The molecule has 1 aromatic carbocycles. The number of rotatable bonds is 7. The number of hydrogen-bond acceptors (Lipinski definition) is 2. The van der Waals surface area contributed by atoms with Gasteiger partial charge in [0.2, 0.25) is 0 Å². The van der Waals surface area contributed by atoms with Crippen molar-refractivity contribution in [3.05, 3.63) is 71.2 Å². The van der Waals surface area contributed by atoms with Crippen LogP contribution in [0.3, 0.4) is 0 Å². The zero-order valence-electron chi connectivity index (χ0n) is 13.1. The number of hydrogen-bond donors (Lipinski definition) is 0. The molecule has 2 unspecified atom stereocenters. The van der Waals surface area contributed by atoms with Crippen LogP contribution in [0.1, 0.15) is 32.4 Å². The van der Waals surface area contributed by atoms with Crippen LogP contribution in [0.15, 0.2) is 74.8 Å². The Hall–Kier alpha value is -1.83. The summed E-state index contributed by atoms with van der Waals surface area (Å²) in [7, 11) is -1.13. The molecular formula is C19H22O2S. The summed E-state index contributed by atoms with van der Waals surface area (Å²) in [5.74, 6) is 1.42. The maximum Gasteiger partial charge on any atom is 0.103 e. The predicted molar refractivity (Wildman–Crippen MR) is 90.9 cm³/mol. The first-order valence-corrected chi connectivity index (χ1v) is 8.85. The van der Waals surface area contributed by atoms with E-state index in [0.717, 1.165) is 29.9 Å². The number of aryl methyl sites for hydroxylation is 1. The fourth-order valence-corrected chi connectivity index (χ4v) is 3.15. The van der Waals surface area contributed by atoms with Crippen LogP contribution in [0.5, 0.6) is 0 Å². The van der Waals surface area contributed by atoms with Crippen LogP contribution in [-0.4, -0.2) is 4.21 Å². The first-order chi connectivity index (χ1) is 10.7. The molecule has 1 heterocycles. The highest BCUT2D eigenvalue weighted by Crippen LogP contribution is 2.20. The Labute approximate surface area is 135 Å². The van der Waals surface area contributed by atoms with Gasteiger partial charge in [0.05, 0.1) is 17.1 Å². The molecule has 0 bridgehead atoms. The van der Waals surface area contributed by atoms with Gasteiger partial charge in [-0.25, -0.2) is 4.21 Å². The van der Waals surface area contributed by atoms with Crippen molar-refractivity contribution in [2.45, 2.75) is 38.0 Å². The molecule has 0 aliphatic rings. The Morgan fingerprint density at radius 2 is 2.05 bits per heavy atom. The first-order valence-electron chi connectivity index (χ1n) is 7.64. The summed E-state index contributed by atoms with van der Waals surface area (Å²) in [5, 5.41) is 1.68. The molecule has 22 heavy (non-hydrogen) atoms. The fraction of sp³-hybridized carbons (Fsp3) is 0.316. The Bertz CT molecular complexity index is 650. The minimum Gasteiger partial charge on any atom is -0.469 e. The molecule has 0 aliphatic heterocycles. The zero-order valence-corrected chi connectivity index (χ0v) is 13.9. The van der Waals surface area contributed by atoms with Gasteiger partial charge in [0.15, 0.2) is 0 Å². The van der Waals surface area contributed by atoms with Crippen molar-refractivity contribution in [1.82, 2.24) is 0 Å². The normalized spacial score (nSPS) is 13.2. The standard InChI is InChI=1S/C19H22O2S/c1-3-17(16(2)11-12-18-8-7-14-21-18)13-15-22(20)19-9-5-4-6-10-19/h4-10,14-16H,3,11-12H2,1-2H3. The third kappa shape index (κ3) is 4.87. The fourth-order valence-electron chi connectivity index (χ4n) is 2.33. The summed E-state index contributed by atoms with van der Waals surface area (Å²) in [6, 6.07) is 13.4. The van der Waals surface area contributed by atoms with Crippen molar-refractivity contribution < 1.29 is 8.63 Å². The molecule has 0 saturated carbocycles. The summed E-state index contributed by atoms with van der Waals surface area (Å²) in [6.45, 7) is 4.30. The molecule has 0 saturated heterocycles. The maximum absolute atomic E-state index is 12.2. The van der Waals surface area contributed by atoms with Crippen molar-refractivity contribution in [2.24, 2.45) is 5.92 Å². The van der Waals surface area contributed by atoms with Crippen molar-refractivity contribution in [2.75, 3.05) is 0 Å². The SMILES string of the molecule is CCC(=C=CS(=O)c1ccccc1)C(C)CCc1ccco1. The maximum atomic E-state index is 12.2. The molecule has 2 atom stereocenters. The van der Waals surface area contributed by atoms with E-state index in [-0.39, 0.29) is 0 Å². The van der Waals surface area contributed by atoms with Gasteiger partial charge >= 0.3 is 0 Å². The molecule has 0 spiro atoms. The highest BCUT2D eigenvalue weighted by atomic mass is 32.2. The molecule has 2 rings (SSSR count). The van der Waals surface area contributed by atoms with E-state index >= 15 is 0 Å². The monoisotopic (exact) mass is 314 g/mol. The van der Waals surface area contributed by atoms with Crippen LogP contribution >= 0.6 is 0 Å². The summed E-state index contributed by atoms with van der Waals surface area (Å²) >= 11 is 0. The number of furan rings is 1.